The van der Waals surface area contributed by atoms with Crippen molar-refractivity contribution in [3.05, 3.63) is 87.7 Å². The van der Waals surface area contributed by atoms with Gasteiger partial charge in [-0.25, -0.2) is 26.9 Å². The van der Waals surface area contributed by atoms with E-state index in [0.717, 1.165) is 18.1 Å². The number of methoxy groups -OCH3 is 1. The zero-order chi connectivity index (χ0) is 37.9. The van der Waals surface area contributed by atoms with Crippen molar-refractivity contribution in [3.63, 3.8) is 0 Å². The molecule has 0 bridgehead atoms. The number of nitrogens with zero attached hydrogens (tertiary/aromatic N) is 2. The summed E-state index contributed by atoms with van der Waals surface area (Å²) in [5.41, 5.74) is -1.93. The number of halogens is 8. The first-order valence-corrected chi connectivity index (χ1v) is 16.4. The molecule has 6 atom stereocenters. The van der Waals surface area contributed by atoms with Crippen LogP contribution in [0.25, 0.3) is 0 Å². The maximum absolute atomic E-state index is 15.2. The maximum atomic E-state index is 15.2. The molecule has 3 aromatic rings. The highest BCUT2D eigenvalue weighted by Crippen LogP contribution is 2.66. The quantitative estimate of drug-likeness (QED) is 0.0665. The SMILES string of the molecule is COc1cc([C@H]2C3=CC[C@@H]4C(=O)N(c5cccc(B(O)O)c5)C(=O)[C@@H]4[C@@H]3C[C@@]3(Cl)C(=O)N(c4c(F)c(F)c(F)c(F)c4F)C(=O)[C@@]23Cl)cc(Cl)c1O. The van der Waals surface area contributed by atoms with E-state index >= 15 is 8.78 Å². The van der Waals surface area contributed by atoms with Crippen LogP contribution in [0.3, 0.4) is 0 Å². The lowest BCUT2D eigenvalue weighted by atomic mass is 9.56. The minimum absolute atomic E-state index is 0.0177. The Hall–Kier alpha value is -4.22. The zero-order valence-corrected chi connectivity index (χ0v) is 28.4. The van der Waals surface area contributed by atoms with E-state index in [4.69, 9.17) is 39.5 Å². The van der Waals surface area contributed by atoms with E-state index in [9.17, 15) is 47.5 Å². The van der Waals surface area contributed by atoms with Crippen molar-refractivity contribution >= 4 is 82.4 Å². The Morgan fingerprint density at radius 2 is 1.50 bits per heavy atom. The highest BCUT2D eigenvalue weighted by Gasteiger charge is 2.77. The predicted molar refractivity (Wildman–Crippen MR) is 175 cm³/mol. The Balaban J connectivity index is 1.44. The summed E-state index contributed by atoms with van der Waals surface area (Å²) in [5, 5.41) is 29.5. The topological polar surface area (TPSA) is 145 Å². The monoisotopic (exact) mass is 784 g/mol. The second-order valence-corrected chi connectivity index (χ2v) is 14.4. The van der Waals surface area contributed by atoms with Gasteiger partial charge < -0.3 is 19.9 Å². The van der Waals surface area contributed by atoms with Crippen molar-refractivity contribution in [1.29, 1.82) is 0 Å². The molecule has 4 amide bonds. The first kappa shape index (κ1) is 36.2. The van der Waals surface area contributed by atoms with E-state index in [0.29, 0.717) is 0 Å². The number of hydrogen-bond acceptors (Lipinski definition) is 8. The summed E-state index contributed by atoms with van der Waals surface area (Å²) in [4.78, 5) is 51.7. The van der Waals surface area contributed by atoms with Gasteiger partial charge in [0.1, 0.15) is 5.69 Å². The third-order valence-corrected chi connectivity index (χ3v) is 12.0. The zero-order valence-electron chi connectivity index (χ0n) is 26.1. The lowest BCUT2D eigenvalue weighted by Crippen LogP contribution is -2.60. The number of phenols is 1. The summed E-state index contributed by atoms with van der Waals surface area (Å²) >= 11 is 20.5. The van der Waals surface area contributed by atoms with E-state index in [1.54, 1.807) is 0 Å². The summed E-state index contributed by atoms with van der Waals surface area (Å²) in [7, 11) is -0.792. The number of aromatic hydroxyl groups is 1. The summed E-state index contributed by atoms with van der Waals surface area (Å²) in [5.74, 6) is -23.5. The van der Waals surface area contributed by atoms with Crippen LogP contribution in [0.4, 0.5) is 33.3 Å². The molecule has 3 N–H and O–H groups in total. The number of hydrogen-bond donors (Lipinski definition) is 3. The third-order valence-electron chi connectivity index (χ3n) is 10.3. The number of amides is 4. The Kier molecular flexibility index (Phi) is 8.46. The first-order chi connectivity index (χ1) is 24.4. The molecule has 0 spiro atoms. The number of anilines is 2. The summed E-state index contributed by atoms with van der Waals surface area (Å²) in [6.45, 7) is 0. The van der Waals surface area contributed by atoms with Crippen LogP contribution in [0.15, 0.2) is 48.0 Å². The van der Waals surface area contributed by atoms with Gasteiger partial charge in [-0.1, -0.05) is 35.4 Å². The van der Waals surface area contributed by atoms with Gasteiger partial charge in [-0.2, -0.15) is 0 Å². The van der Waals surface area contributed by atoms with Gasteiger partial charge in [0.05, 0.1) is 29.7 Å². The largest absolute Gasteiger partial charge is 0.503 e. The molecule has 52 heavy (non-hydrogen) atoms. The van der Waals surface area contributed by atoms with Crippen LogP contribution >= 0.6 is 34.8 Å². The second-order valence-electron chi connectivity index (χ2n) is 12.7. The van der Waals surface area contributed by atoms with Crippen molar-refractivity contribution in [2.45, 2.75) is 28.5 Å². The molecular formula is C33H21BCl3F5N2O8. The molecule has 19 heteroatoms. The summed E-state index contributed by atoms with van der Waals surface area (Å²) < 4.78 is 78.7. The van der Waals surface area contributed by atoms with Crippen LogP contribution in [0.2, 0.25) is 5.02 Å². The highest BCUT2D eigenvalue weighted by molar-refractivity contribution is 6.59. The molecule has 2 aliphatic carbocycles. The fourth-order valence-electron chi connectivity index (χ4n) is 7.94. The van der Waals surface area contributed by atoms with Gasteiger partial charge in [0.2, 0.25) is 17.6 Å². The fourth-order valence-corrected chi connectivity index (χ4v) is 9.09. The van der Waals surface area contributed by atoms with Gasteiger partial charge in [0, 0.05) is 5.92 Å². The van der Waals surface area contributed by atoms with Crippen LogP contribution in [-0.4, -0.2) is 62.8 Å². The second kappa shape index (κ2) is 12.2. The normalized spacial score (nSPS) is 28.2. The molecule has 2 heterocycles. The molecule has 0 aromatic heterocycles. The number of fused-ring (bicyclic) bond motifs is 4. The molecule has 4 aliphatic rings. The number of benzene rings is 3. The smallest absolute Gasteiger partial charge is 0.488 e. The van der Waals surface area contributed by atoms with E-state index in [2.05, 4.69) is 0 Å². The van der Waals surface area contributed by atoms with Crippen LogP contribution in [0.5, 0.6) is 11.5 Å². The number of rotatable bonds is 5. The molecule has 3 fully saturated rings. The highest BCUT2D eigenvalue weighted by atomic mass is 35.5. The van der Waals surface area contributed by atoms with E-state index < -0.39 is 111 Å². The van der Waals surface area contributed by atoms with Gasteiger partial charge in [-0.15, -0.1) is 23.2 Å². The molecule has 7 rings (SSSR count). The molecule has 0 unspecified atom stereocenters. The van der Waals surface area contributed by atoms with Crippen molar-refractivity contribution in [2.75, 3.05) is 16.9 Å². The van der Waals surface area contributed by atoms with Crippen molar-refractivity contribution in [1.82, 2.24) is 0 Å². The van der Waals surface area contributed by atoms with Crippen molar-refractivity contribution in [3.8, 4) is 11.5 Å². The van der Waals surface area contributed by atoms with Gasteiger partial charge in [0.25, 0.3) is 11.8 Å². The molecule has 3 aromatic carbocycles. The average molecular weight is 786 g/mol. The van der Waals surface area contributed by atoms with E-state index in [1.165, 1.54) is 36.4 Å². The third kappa shape index (κ3) is 4.63. The van der Waals surface area contributed by atoms with Gasteiger partial charge in [0.15, 0.2) is 44.5 Å². The Labute approximate surface area is 305 Å². The lowest BCUT2D eigenvalue weighted by Gasteiger charge is -2.50. The molecule has 2 aliphatic heterocycles. The minimum atomic E-state index is -2.82. The van der Waals surface area contributed by atoms with Crippen LogP contribution in [0, 0.1) is 46.8 Å². The van der Waals surface area contributed by atoms with Gasteiger partial charge in [-0.3, -0.25) is 24.1 Å². The van der Waals surface area contributed by atoms with Crippen molar-refractivity contribution in [2.24, 2.45) is 17.8 Å². The number of carbonyl (C=O) groups excluding carboxylic acids is 4. The Bertz CT molecular complexity index is 2170. The van der Waals surface area contributed by atoms with Crippen LogP contribution in [0.1, 0.15) is 24.3 Å². The molecule has 2 saturated heterocycles. The number of carbonyl (C=O) groups is 4. The first-order valence-electron chi connectivity index (χ1n) is 15.3. The average Bonchev–Trinajstić information content (AvgIpc) is 3.45. The maximum Gasteiger partial charge on any atom is 0.488 e. The summed E-state index contributed by atoms with van der Waals surface area (Å²) in [6.07, 6.45) is 0.583. The number of imide groups is 2. The summed E-state index contributed by atoms with van der Waals surface area (Å²) in [6, 6.07) is 7.58. The molecule has 10 nitrogen and oxygen atoms in total. The Morgan fingerprint density at radius 3 is 2.12 bits per heavy atom. The number of alkyl halides is 2. The molecule has 270 valence electrons. The van der Waals surface area contributed by atoms with E-state index in [1.807, 2.05) is 0 Å². The number of allylic oxidation sites excluding steroid dienone is 2. The fraction of sp³-hybridized carbons (Fsp3) is 0.273. The van der Waals surface area contributed by atoms with E-state index in [-0.39, 0.29) is 44.4 Å². The van der Waals surface area contributed by atoms with Crippen LogP contribution < -0.4 is 20.0 Å². The molecular weight excluding hydrogens is 765 g/mol. The van der Waals surface area contributed by atoms with Gasteiger partial charge in [-0.05, 0) is 54.1 Å². The van der Waals surface area contributed by atoms with Crippen LogP contribution in [-0.2, 0) is 19.2 Å². The molecule has 0 radical (unpaired) electrons. The molecule has 1 saturated carbocycles. The number of phenolic OH excluding ortho intramolecular Hbond substituents is 1. The predicted octanol–water partition coefficient (Wildman–Crippen LogP) is 4.20. The standard InChI is InChI=1S/C33H21BCl3F5N2O8/c1-52-18-8-11(7-17(35)27(18)45)20-14-5-6-15-19(29(47)43(28(15)46)13-4-2-3-12(9-13)34(50)51)16(14)10-32(36)30(48)44(31(49)33(20,32)37)26-24(41)22(39)21(38)23(40)25(26)42/h2-5,7-9,15-16,19-20,45,50-51H,6,10H2,1H3/t15-,16+,19-,20-,32+,33-/m0/s1. The lowest BCUT2D eigenvalue weighted by molar-refractivity contribution is -0.125. The Morgan fingerprint density at radius 1 is 0.865 bits per heavy atom. The number of ether oxygens (including phenoxy) is 1. The van der Waals surface area contributed by atoms with Gasteiger partial charge >= 0.3 is 7.12 Å². The minimum Gasteiger partial charge on any atom is -0.503 e. The van der Waals surface area contributed by atoms with Crippen molar-refractivity contribution < 1.29 is 61.0 Å².